The van der Waals surface area contributed by atoms with E-state index in [-0.39, 0.29) is 48.6 Å². The Labute approximate surface area is 113 Å². The largest absolute Gasteiger partial charge is 0.395 e. The molecule has 0 radical (unpaired) electrons. The highest BCUT2D eigenvalue weighted by Gasteiger charge is 2.37. The number of amides is 1. The van der Waals surface area contributed by atoms with Gasteiger partial charge in [0.1, 0.15) is 0 Å². The van der Waals surface area contributed by atoms with Crippen LogP contribution in [0.25, 0.3) is 0 Å². The van der Waals surface area contributed by atoms with Gasteiger partial charge in [0.2, 0.25) is 5.91 Å². The third kappa shape index (κ3) is 3.34. The van der Waals surface area contributed by atoms with Crippen LogP contribution in [0.3, 0.4) is 0 Å². The monoisotopic (exact) mass is 288 g/mol. The highest BCUT2D eigenvalue weighted by Crippen LogP contribution is 2.24. The Hall–Kier alpha value is -0.920. The molecule has 6 nitrogen and oxygen atoms in total. The molecule has 0 aromatic rings. The second-order valence-electron chi connectivity index (χ2n) is 5.20. The van der Waals surface area contributed by atoms with Gasteiger partial charge in [0, 0.05) is 18.6 Å². The third-order valence-corrected chi connectivity index (χ3v) is 5.46. The maximum absolute atomic E-state index is 12.4. The van der Waals surface area contributed by atoms with E-state index >= 15 is 0 Å². The molecular formula is C12H20N2O4S. The highest BCUT2D eigenvalue weighted by molar-refractivity contribution is 7.91. The van der Waals surface area contributed by atoms with E-state index in [1.54, 1.807) is 12.2 Å². The molecule has 0 aromatic carbocycles. The predicted molar refractivity (Wildman–Crippen MR) is 71.1 cm³/mol. The van der Waals surface area contributed by atoms with Gasteiger partial charge in [-0.1, -0.05) is 12.2 Å². The first-order chi connectivity index (χ1) is 8.93. The van der Waals surface area contributed by atoms with E-state index in [4.69, 9.17) is 10.8 Å². The highest BCUT2D eigenvalue weighted by atomic mass is 32.2. The smallest absolute Gasteiger partial charge is 0.229 e. The SMILES string of the molecule is NC1C=CC(C(=O)N(CCO)C2CCS(=O)(=O)C2)C1. The molecule has 19 heavy (non-hydrogen) atoms. The number of nitrogens with zero attached hydrogens (tertiary/aromatic N) is 1. The fraction of sp³-hybridized carbons (Fsp3) is 0.750. The molecule has 2 aliphatic rings. The van der Waals surface area contributed by atoms with E-state index in [1.807, 2.05) is 0 Å². The normalized spacial score (nSPS) is 32.6. The number of hydrogen-bond donors (Lipinski definition) is 2. The molecule has 1 amide bonds. The Morgan fingerprint density at radius 2 is 2.16 bits per heavy atom. The van der Waals surface area contributed by atoms with Crippen molar-refractivity contribution >= 4 is 15.7 Å². The number of nitrogens with two attached hydrogens (primary N) is 1. The lowest BCUT2D eigenvalue weighted by Crippen LogP contribution is -2.45. The topological polar surface area (TPSA) is 101 Å². The number of carbonyl (C=O) groups is 1. The van der Waals surface area contributed by atoms with Crippen molar-refractivity contribution in [3.8, 4) is 0 Å². The molecular weight excluding hydrogens is 268 g/mol. The first-order valence-electron chi connectivity index (χ1n) is 6.48. The molecule has 0 aromatic heterocycles. The average molecular weight is 288 g/mol. The summed E-state index contributed by atoms with van der Waals surface area (Å²) >= 11 is 0. The van der Waals surface area contributed by atoms with Gasteiger partial charge in [-0.25, -0.2) is 8.42 Å². The van der Waals surface area contributed by atoms with Gasteiger partial charge in [-0.05, 0) is 12.8 Å². The van der Waals surface area contributed by atoms with Gasteiger partial charge in [0.25, 0.3) is 0 Å². The first kappa shape index (κ1) is 14.5. The number of rotatable bonds is 4. The zero-order valence-electron chi connectivity index (χ0n) is 10.7. The van der Waals surface area contributed by atoms with E-state index in [0.717, 1.165) is 0 Å². The summed E-state index contributed by atoms with van der Waals surface area (Å²) in [5.74, 6) is -0.293. The van der Waals surface area contributed by atoms with Gasteiger partial charge in [-0.3, -0.25) is 4.79 Å². The van der Waals surface area contributed by atoms with Crippen LogP contribution in [0.15, 0.2) is 12.2 Å². The molecule has 108 valence electrons. The number of carbonyl (C=O) groups excluding carboxylic acids is 1. The second-order valence-corrected chi connectivity index (χ2v) is 7.43. The number of hydrogen-bond acceptors (Lipinski definition) is 5. The molecule has 3 unspecified atom stereocenters. The summed E-state index contributed by atoms with van der Waals surface area (Å²) in [4.78, 5) is 13.9. The number of aliphatic hydroxyl groups is 1. The fourth-order valence-electron chi connectivity index (χ4n) is 2.72. The molecule has 0 saturated carbocycles. The van der Waals surface area contributed by atoms with Crippen molar-refractivity contribution in [1.29, 1.82) is 0 Å². The summed E-state index contributed by atoms with van der Waals surface area (Å²) in [6, 6.07) is -0.424. The van der Waals surface area contributed by atoms with E-state index in [0.29, 0.717) is 12.8 Å². The molecule has 1 saturated heterocycles. The van der Waals surface area contributed by atoms with Gasteiger partial charge in [-0.2, -0.15) is 0 Å². The van der Waals surface area contributed by atoms with E-state index < -0.39 is 9.84 Å². The van der Waals surface area contributed by atoms with Crippen molar-refractivity contribution in [2.75, 3.05) is 24.7 Å². The van der Waals surface area contributed by atoms with E-state index in [2.05, 4.69) is 0 Å². The molecule has 3 N–H and O–H groups in total. The molecule has 2 rings (SSSR count). The Balaban J connectivity index is 2.08. The zero-order chi connectivity index (χ0) is 14.0. The minimum absolute atomic E-state index is 0.00122. The summed E-state index contributed by atoms with van der Waals surface area (Å²) in [5, 5.41) is 9.08. The van der Waals surface area contributed by atoms with Crippen LogP contribution < -0.4 is 5.73 Å². The standard InChI is InChI=1S/C12H20N2O4S/c13-10-2-1-9(7-10)12(16)14(4-5-15)11-3-6-19(17,18)8-11/h1-2,9-11,15H,3-8,13H2. The van der Waals surface area contributed by atoms with Crippen LogP contribution in [0.1, 0.15) is 12.8 Å². The van der Waals surface area contributed by atoms with Crippen LogP contribution >= 0.6 is 0 Å². The minimum Gasteiger partial charge on any atom is -0.395 e. The fourth-order valence-corrected chi connectivity index (χ4v) is 4.46. The number of sulfone groups is 1. The van der Waals surface area contributed by atoms with Gasteiger partial charge in [0.05, 0.1) is 24.0 Å². The van der Waals surface area contributed by atoms with Crippen LogP contribution in [0.2, 0.25) is 0 Å². The second kappa shape index (κ2) is 5.60. The molecule has 1 aliphatic heterocycles. The minimum atomic E-state index is -3.04. The molecule has 1 fully saturated rings. The average Bonchev–Trinajstić information content (AvgIpc) is 2.91. The van der Waals surface area contributed by atoms with E-state index in [1.165, 1.54) is 4.90 Å². The van der Waals surface area contributed by atoms with Crippen molar-refractivity contribution in [2.24, 2.45) is 11.7 Å². The molecule has 1 heterocycles. The molecule has 7 heteroatoms. The van der Waals surface area contributed by atoms with Gasteiger partial charge < -0.3 is 15.7 Å². The summed E-state index contributed by atoms with van der Waals surface area (Å²) in [7, 11) is -3.04. The summed E-state index contributed by atoms with van der Waals surface area (Å²) < 4.78 is 23.0. The molecule has 0 bridgehead atoms. The predicted octanol–water partition coefficient (Wildman–Crippen LogP) is -1.10. The quantitative estimate of drug-likeness (QED) is 0.639. The Bertz CT molecular complexity index is 474. The van der Waals surface area contributed by atoms with Crippen molar-refractivity contribution in [3.05, 3.63) is 12.2 Å². The summed E-state index contributed by atoms with van der Waals surface area (Å²) in [6.45, 7) is 0.0172. The maximum atomic E-state index is 12.4. The van der Waals surface area contributed by atoms with Crippen molar-refractivity contribution in [3.63, 3.8) is 0 Å². The molecule has 3 atom stereocenters. The van der Waals surface area contributed by atoms with Gasteiger partial charge in [-0.15, -0.1) is 0 Å². The van der Waals surface area contributed by atoms with Crippen LogP contribution in [0, 0.1) is 5.92 Å². The van der Waals surface area contributed by atoms with Crippen LogP contribution in [0.5, 0.6) is 0 Å². The lowest BCUT2D eigenvalue weighted by atomic mass is 10.0. The summed E-state index contributed by atoms with van der Waals surface area (Å²) in [5.41, 5.74) is 5.73. The molecule has 1 aliphatic carbocycles. The van der Waals surface area contributed by atoms with E-state index in [9.17, 15) is 13.2 Å². The van der Waals surface area contributed by atoms with Crippen molar-refractivity contribution in [1.82, 2.24) is 4.90 Å². The van der Waals surface area contributed by atoms with Gasteiger partial charge in [0.15, 0.2) is 9.84 Å². The Morgan fingerprint density at radius 3 is 2.63 bits per heavy atom. The van der Waals surface area contributed by atoms with Crippen LogP contribution in [-0.4, -0.2) is 61.1 Å². The Kier molecular flexibility index (Phi) is 4.27. The lowest BCUT2D eigenvalue weighted by Gasteiger charge is -2.29. The summed E-state index contributed by atoms with van der Waals surface area (Å²) in [6.07, 6.45) is 4.59. The first-order valence-corrected chi connectivity index (χ1v) is 8.31. The third-order valence-electron chi connectivity index (χ3n) is 3.71. The molecule has 0 spiro atoms. The lowest BCUT2D eigenvalue weighted by molar-refractivity contribution is -0.136. The Morgan fingerprint density at radius 1 is 1.42 bits per heavy atom. The maximum Gasteiger partial charge on any atom is 0.229 e. The number of aliphatic hydroxyl groups excluding tert-OH is 1. The van der Waals surface area contributed by atoms with Gasteiger partial charge >= 0.3 is 0 Å². The van der Waals surface area contributed by atoms with Crippen LogP contribution in [-0.2, 0) is 14.6 Å². The zero-order valence-corrected chi connectivity index (χ0v) is 11.6. The van der Waals surface area contributed by atoms with Crippen molar-refractivity contribution in [2.45, 2.75) is 24.9 Å². The van der Waals surface area contributed by atoms with Crippen LogP contribution in [0.4, 0.5) is 0 Å². The van der Waals surface area contributed by atoms with Crippen molar-refractivity contribution < 1.29 is 18.3 Å².